The fraction of sp³-hybridized carbons (Fsp3) is 0.562. The second-order valence-corrected chi connectivity index (χ2v) is 6.49. The van der Waals surface area contributed by atoms with Crippen LogP contribution >= 0.6 is 0 Å². The molecular formula is C16H20F3NO2. The third kappa shape index (κ3) is 3.93. The number of nitrogens with zero attached hydrogens (tertiary/aromatic N) is 1. The summed E-state index contributed by atoms with van der Waals surface area (Å²) in [5, 5.41) is 0. The van der Waals surface area contributed by atoms with Gasteiger partial charge >= 0.3 is 6.09 Å². The van der Waals surface area contributed by atoms with E-state index in [2.05, 4.69) is 0 Å². The van der Waals surface area contributed by atoms with Crippen LogP contribution in [0.4, 0.5) is 18.0 Å². The second-order valence-electron chi connectivity index (χ2n) is 6.49. The quantitative estimate of drug-likeness (QED) is 0.805. The second kappa shape index (κ2) is 6.18. The number of benzene rings is 1. The molecule has 2 rings (SSSR count). The Morgan fingerprint density at radius 1 is 1.36 bits per heavy atom. The van der Waals surface area contributed by atoms with Gasteiger partial charge in [0.2, 0.25) is 0 Å². The molecule has 1 aliphatic heterocycles. The molecule has 22 heavy (non-hydrogen) atoms. The minimum Gasteiger partial charge on any atom is -0.444 e. The zero-order valence-corrected chi connectivity index (χ0v) is 12.9. The predicted octanol–water partition coefficient (Wildman–Crippen LogP) is 4.49. The van der Waals surface area contributed by atoms with E-state index in [1.807, 2.05) is 0 Å². The molecule has 1 fully saturated rings. The molecule has 0 aliphatic carbocycles. The van der Waals surface area contributed by atoms with Crippen molar-refractivity contribution in [2.75, 3.05) is 13.1 Å². The number of rotatable bonds is 2. The molecule has 6 heteroatoms. The van der Waals surface area contributed by atoms with Crippen molar-refractivity contribution in [3.8, 4) is 0 Å². The minimum atomic E-state index is -2.84. The molecule has 0 N–H and O–H groups in total. The van der Waals surface area contributed by atoms with Crippen LogP contribution in [0.15, 0.2) is 18.2 Å². The van der Waals surface area contributed by atoms with Gasteiger partial charge in [0.05, 0.1) is 5.56 Å². The number of likely N-dealkylation sites (tertiary alicyclic amines) is 1. The topological polar surface area (TPSA) is 29.5 Å². The van der Waals surface area contributed by atoms with Crippen LogP contribution in [0.3, 0.4) is 0 Å². The molecule has 1 aromatic rings. The normalized spacial score (nSPS) is 18.9. The van der Waals surface area contributed by atoms with E-state index in [1.165, 1.54) is 12.1 Å². The molecule has 1 aromatic carbocycles. The summed E-state index contributed by atoms with van der Waals surface area (Å²) < 4.78 is 44.1. The average Bonchev–Trinajstić information content (AvgIpc) is 2.86. The number of hydrogen-bond acceptors (Lipinski definition) is 2. The molecule has 0 radical (unpaired) electrons. The Bertz CT molecular complexity index is 555. The van der Waals surface area contributed by atoms with Crippen LogP contribution in [-0.4, -0.2) is 29.7 Å². The van der Waals surface area contributed by atoms with E-state index in [1.54, 1.807) is 25.7 Å². The van der Waals surface area contributed by atoms with Crippen molar-refractivity contribution >= 4 is 6.09 Å². The van der Waals surface area contributed by atoms with Crippen molar-refractivity contribution in [3.05, 3.63) is 35.1 Å². The minimum absolute atomic E-state index is 0.0781. The number of halogens is 3. The molecule has 0 aromatic heterocycles. The lowest BCUT2D eigenvalue weighted by Gasteiger charge is -2.24. The van der Waals surface area contributed by atoms with Crippen LogP contribution in [0, 0.1) is 5.82 Å². The lowest BCUT2D eigenvalue weighted by atomic mass is 9.96. The highest BCUT2D eigenvalue weighted by Crippen LogP contribution is 2.31. The average molecular weight is 315 g/mol. The fourth-order valence-electron chi connectivity index (χ4n) is 2.51. The molecule has 3 nitrogen and oxygen atoms in total. The van der Waals surface area contributed by atoms with Gasteiger partial charge in [-0.1, -0.05) is 6.07 Å². The summed E-state index contributed by atoms with van der Waals surface area (Å²) in [6.45, 7) is 6.25. The first kappa shape index (κ1) is 16.6. The van der Waals surface area contributed by atoms with Gasteiger partial charge in [-0.05, 0) is 44.9 Å². The van der Waals surface area contributed by atoms with Crippen LogP contribution in [-0.2, 0) is 4.74 Å². The number of carbonyl (C=O) groups is 1. The maximum absolute atomic E-state index is 13.3. The SMILES string of the molecule is CC(C)(C)OC(=O)N1CCC(c2ccc(F)c(C(F)F)c2)C1. The van der Waals surface area contributed by atoms with Crippen molar-refractivity contribution in [1.29, 1.82) is 0 Å². The number of carbonyl (C=O) groups excluding carboxylic acids is 1. The molecular weight excluding hydrogens is 295 g/mol. The Balaban J connectivity index is 2.07. The molecule has 1 atom stereocenters. The van der Waals surface area contributed by atoms with Gasteiger partial charge in [-0.15, -0.1) is 0 Å². The van der Waals surface area contributed by atoms with Gasteiger partial charge in [0.25, 0.3) is 6.43 Å². The Kier molecular flexibility index (Phi) is 4.68. The zero-order valence-electron chi connectivity index (χ0n) is 12.9. The zero-order chi connectivity index (χ0) is 16.5. The highest BCUT2D eigenvalue weighted by Gasteiger charge is 2.31. The van der Waals surface area contributed by atoms with Crippen LogP contribution < -0.4 is 0 Å². The summed E-state index contributed by atoms with van der Waals surface area (Å²) in [6.07, 6.45) is -2.61. The standard InChI is InChI=1S/C16H20F3NO2/c1-16(2,3)22-15(21)20-7-6-11(9-20)10-4-5-13(17)12(8-10)14(18)19/h4-5,8,11,14H,6-7,9H2,1-3H3. The van der Waals surface area contributed by atoms with Gasteiger partial charge in [0.1, 0.15) is 11.4 Å². The molecule has 0 saturated carbocycles. The van der Waals surface area contributed by atoms with E-state index in [0.29, 0.717) is 25.1 Å². The van der Waals surface area contributed by atoms with Crippen molar-refractivity contribution in [2.45, 2.75) is 45.1 Å². The fourth-order valence-corrected chi connectivity index (χ4v) is 2.51. The summed E-state index contributed by atoms with van der Waals surface area (Å²) in [5.74, 6) is -0.980. The van der Waals surface area contributed by atoms with Crippen LogP contribution in [0.5, 0.6) is 0 Å². The third-order valence-electron chi connectivity index (χ3n) is 3.57. The lowest BCUT2D eigenvalue weighted by Crippen LogP contribution is -2.35. The monoisotopic (exact) mass is 315 g/mol. The highest BCUT2D eigenvalue weighted by molar-refractivity contribution is 5.68. The van der Waals surface area contributed by atoms with Gasteiger partial charge in [-0.25, -0.2) is 18.0 Å². The Hall–Kier alpha value is -1.72. The molecule has 1 unspecified atom stereocenters. The third-order valence-corrected chi connectivity index (χ3v) is 3.57. The van der Waals surface area contributed by atoms with Gasteiger partial charge in [-0.2, -0.15) is 0 Å². The van der Waals surface area contributed by atoms with Gasteiger partial charge in [-0.3, -0.25) is 0 Å². The van der Waals surface area contributed by atoms with Crippen molar-refractivity contribution in [1.82, 2.24) is 4.90 Å². The van der Waals surface area contributed by atoms with E-state index in [0.717, 1.165) is 6.07 Å². The van der Waals surface area contributed by atoms with E-state index in [-0.39, 0.29) is 5.92 Å². The molecule has 122 valence electrons. The van der Waals surface area contributed by atoms with E-state index in [4.69, 9.17) is 4.74 Å². The van der Waals surface area contributed by atoms with Gasteiger partial charge in [0.15, 0.2) is 0 Å². The number of amides is 1. The van der Waals surface area contributed by atoms with Crippen molar-refractivity contribution < 1.29 is 22.7 Å². The van der Waals surface area contributed by atoms with Gasteiger partial charge in [0, 0.05) is 19.0 Å². The summed E-state index contributed by atoms with van der Waals surface area (Å²) in [5.41, 5.74) is -0.538. The van der Waals surface area contributed by atoms with Crippen molar-refractivity contribution in [2.24, 2.45) is 0 Å². The first-order valence-electron chi connectivity index (χ1n) is 7.23. The highest BCUT2D eigenvalue weighted by atomic mass is 19.3. The first-order chi connectivity index (χ1) is 10.2. The summed E-state index contributed by atoms with van der Waals surface area (Å²) in [6, 6.07) is 3.76. The van der Waals surface area contributed by atoms with Crippen LogP contribution in [0.1, 0.15) is 50.7 Å². The maximum Gasteiger partial charge on any atom is 0.410 e. The van der Waals surface area contributed by atoms with E-state index < -0.39 is 29.5 Å². The number of alkyl halides is 2. The van der Waals surface area contributed by atoms with Crippen LogP contribution in [0.2, 0.25) is 0 Å². The van der Waals surface area contributed by atoms with E-state index >= 15 is 0 Å². The first-order valence-corrected chi connectivity index (χ1v) is 7.23. The van der Waals surface area contributed by atoms with Gasteiger partial charge < -0.3 is 9.64 Å². The Morgan fingerprint density at radius 3 is 2.64 bits per heavy atom. The largest absolute Gasteiger partial charge is 0.444 e. The smallest absolute Gasteiger partial charge is 0.410 e. The number of ether oxygens (including phenoxy) is 1. The molecule has 0 bridgehead atoms. The summed E-state index contributed by atoms with van der Waals surface area (Å²) in [4.78, 5) is 13.5. The lowest BCUT2D eigenvalue weighted by molar-refractivity contribution is 0.0292. The molecule has 1 aliphatic rings. The van der Waals surface area contributed by atoms with E-state index in [9.17, 15) is 18.0 Å². The summed E-state index contributed by atoms with van der Waals surface area (Å²) in [7, 11) is 0. The maximum atomic E-state index is 13.3. The molecule has 1 saturated heterocycles. The van der Waals surface area contributed by atoms with Crippen LogP contribution in [0.25, 0.3) is 0 Å². The molecule has 0 spiro atoms. The summed E-state index contributed by atoms with van der Waals surface area (Å²) >= 11 is 0. The molecule has 1 amide bonds. The molecule has 1 heterocycles. The predicted molar refractivity (Wildman–Crippen MR) is 76.5 cm³/mol. The van der Waals surface area contributed by atoms with Crippen molar-refractivity contribution in [3.63, 3.8) is 0 Å². The number of hydrogen-bond donors (Lipinski definition) is 0. The Labute approximate surface area is 128 Å². The Morgan fingerprint density at radius 2 is 2.05 bits per heavy atom.